The summed E-state index contributed by atoms with van der Waals surface area (Å²) in [4.78, 5) is 21.9. The molecule has 0 spiro atoms. The Hall–Kier alpha value is -1.16. The summed E-state index contributed by atoms with van der Waals surface area (Å²) < 4.78 is 0. The van der Waals surface area contributed by atoms with E-state index in [-0.39, 0.29) is 5.91 Å². The molecular weight excluding hydrogens is 238 g/mol. The van der Waals surface area contributed by atoms with E-state index in [1.807, 2.05) is 4.90 Å². The molecular formula is C12H16ClN3O. The fraction of sp³-hybridized carbons (Fsp3) is 0.583. The molecule has 1 aromatic rings. The van der Waals surface area contributed by atoms with Gasteiger partial charge in [0, 0.05) is 30.9 Å². The van der Waals surface area contributed by atoms with Crippen LogP contribution in [0.3, 0.4) is 0 Å². The van der Waals surface area contributed by atoms with Crippen LogP contribution in [0.5, 0.6) is 0 Å². The Labute approximate surface area is 106 Å². The molecule has 1 amide bonds. The van der Waals surface area contributed by atoms with Gasteiger partial charge in [-0.25, -0.2) is 9.97 Å². The summed E-state index contributed by atoms with van der Waals surface area (Å²) >= 11 is 5.78. The van der Waals surface area contributed by atoms with Gasteiger partial charge in [0.05, 0.1) is 5.56 Å². The van der Waals surface area contributed by atoms with Gasteiger partial charge in [-0.3, -0.25) is 4.79 Å². The molecule has 1 fully saturated rings. The van der Waals surface area contributed by atoms with E-state index in [0.717, 1.165) is 12.8 Å². The van der Waals surface area contributed by atoms with Gasteiger partial charge in [0.1, 0.15) is 6.33 Å². The van der Waals surface area contributed by atoms with Crippen LogP contribution >= 0.6 is 11.6 Å². The Balaban J connectivity index is 2.12. The van der Waals surface area contributed by atoms with Crippen molar-refractivity contribution in [2.24, 2.45) is 0 Å². The molecule has 4 nitrogen and oxygen atoms in total. The van der Waals surface area contributed by atoms with Gasteiger partial charge in [-0.1, -0.05) is 12.8 Å². The Morgan fingerprint density at radius 3 is 2.59 bits per heavy atom. The zero-order chi connectivity index (χ0) is 12.1. The molecule has 0 saturated heterocycles. The first kappa shape index (κ1) is 12.3. The summed E-state index contributed by atoms with van der Waals surface area (Å²) in [5.41, 5.74) is 0.546. The molecule has 1 aromatic heterocycles. The van der Waals surface area contributed by atoms with Crippen LogP contribution in [0.4, 0.5) is 0 Å². The number of rotatable bonds is 4. The van der Waals surface area contributed by atoms with Crippen molar-refractivity contribution in [1.82, 2.24) is 14.9 Å². The first-order valence-electron chi connectivity index (χ1n) is 5.95. The number of hydrogen-bond donors (Lipinski definition) is 0. The number of carbonyl (C=O) groups excluding carboxylic acids is 1. The Morgan fingerprint density at radius 2 is 2.00 bits per heavy atom. The highest BCUT2D eigenvalue weighted by Gasteiger charge is 2.27. The minimum Gasteiger partial charge on any atom is -0.334 e. The highest BCUT2D eigenvalue weighted by Crippen LogP contribution is 2.24. The van der Waals surface area contributed by atoms with Gasteiger partial charge >= 0.3 is 0 Å². The molecule has 0 N–H and O–H groups in total. The van der Waals surface area contributed by atoms with Crippen molar-refractivity contribution in [1.29, 1.82) is 0 Å². The smallest absolute Gasteiger partial charge is 0.257 e. The molecule has 92 valence electrons. The first-order valence-corrected chi connectivity index (χ1v) is 6.48. The number of carbonyl (C=O) groups is 1. The summed E-state index contributed by atoms with van der Waals surface area (Å²) in [7, 11) is 0. The zero-order valence-corrected chi connectivity index (χ0v) is 10.4. The molecule has 1 saturated carbocycles. The van der Waals surface area contributed by atoms with E-state index in [4.69, 9.17) is 11.6 Å². The fourth-order valence-corrected chi connectivity index (χ4v) is 2.51. The molecule has 0 aromatic carbocycles. The summed E-state index contributed by atoms with van der Waals surface area (Å²) in [5, 5.41) is 0. The van der Waals surface area contributed by atoms with Crippen molar-refractivity contribution in [3.8, 4) is 0 Å². The average Bonchev–Trinajstić information content (AvgIpc) is 2.90. The monoisotopic (exact) mass is 253 g/mol. The SMILES string of the molecule is O=C(c1cncnc1)N(CCCl)C1CCCC1. The van der Waals surface area contributed by atoms with Gasteiger partial charge in [-0.05, 0) is 12.8 Å². The molecule has 0 aliphatic heterocycles. The van der Waals surface area contributed by atoms with Crippen LogP contribution in [-0.4, -0.2) is 39.2 Å². The lowest BCUT2D eigenvalue weighted by Crippen LogP contribution is -2.40. The molecule has 1 aliphatic carbocycles. The average molecular weight is 254 g/mol. The summed E-state index contributed by atoms with van der Waals surface area (Å²) in [6.07, 6.45) is 9.10. The number of hydrogen-bond acceptors (Lipinski definition) is 3. The van der Waals surface area contributed by atoms with Crippen molar-refractivity contribution >= 4 is 17.5 Å². The second-order valence-electron chi connectivity index (χ2n) is 4.25. The lowest BCUT2D eigenvalue weighted by Gasteiger charge is -2.28. The summed E-state index contributed by atoms with van der Waals surface area (Å²) in [6, 6.07) is 0.335. The van der Waals surface area contributed by atoms with E-state index in [9.17, 15) is 4.79 Å². The van der Waals surface area contributed by atoms with Crippen LogP contribution in [0.25, 0.3) is 0 Å². The highest BCUT2D eigenvalue weighted by molar-refractivity contribution is 6.18. The molecule has 0 bridgehead atoms. The highest BCUT2D eigenvalue weighted by atomic mass is 35.5. The van der Waals surface area contributed by atoms with Crippen molar-refractivity contribution in [2.75, 3.05) is 12.4 Å². The van der Waals surface area contributed by atoms with E-state index >= 15 is 0 Å². The van der Waals surface area contributed by atoms with Gasteiger partial charge in [0.25, 0.3) is 5.91 Å². The standard InChI is InChI=1S/C12H16ClN3O/c13-5-6-16(11-3-1-2-4-11)12(17)10-7-14-9-15-8-10/h7-9,11H,1-6H2. The number of amides is 1. The van der Waals surface area contributed by atoms with E-state index in [1.54, 1.807) is 12.4 Å². The minimum absolute atomic E-state index is 0.00171. The van der Waals surface area contributed by atoms with E-state index in [1.165, 1.54) is 19.2 Å². The molecule has 0 atom stereocenters. The second-order valence-corrected chi connectivity index (χ2v) is 4.63. The van der Waals surface area contributed by atoms with Gasteiger partial charge in [-0.15, -0.1) is 11.6 Å². The topological polar surface area (TPSA) is 46.1 Å². The van der Waals surface area contributed by atoms with Gasteiger partial charge in [0.2, 0.25) is 0 Å². The summed E-state index contributed by atoms with van der Waals surface area (Å²) in [6.45, 7) is 0.597. The van der Waals surface area contributed by atoms with Crippen molar-refractivity contribution in [2.45, 2.75) is 31.7 Å². The van der Waals surface area contributed by atoms with Gasteiger partial charge in [-0.2, -0.15) is 0 Å². The predicted octanol–water partition coefficient (Wildman–Crippen LogP) is 2.10. The van der Waals surface area contributed by atoms with Crippen LogP contribution in [-0.2, 0) is 0 Å². The third-order valence-corrected chi connectivity index (χ3v) is 3.33. The molecule has 5 heteroatoms. The third-order valence-electron chi connectivity index (χ3n) is 3.16. The normalized spacial score (nSPS) is 16.1. The zero-order valence-electron chi connectivity index (χ0n) is 9.68. The Morgan fingerprint density at radius 1 is 1.35 bits per heavy atom. The molecule has 0 radical (unpaired) electrons. The van der Waals surface area contributed by atoms with E-state index in [2.05, 4.69) is 9.97 Å². The fourth-order valence-electron chi connectivity index (χ4n) is 2.33. The van der Waals surface area contributed by atoms with Crippen LogP contribution in [0.2, 0.25) is 0 Å². The van der Waals surface area contributed by atoms with Crippen LogP contribution in [0, 0.1) is 0 Å². The molecule has 17 heavy (non-hydrogen) atoms. The van der Waals surface area contributed by atoms with Crippen LogP contribution in [0.15, 0.2) is 18.7 Å². The first-order chi connectivity index (χ1) is 8.33. The van der Waals surface area contributed by atoms with Crippen molar-refractivity contribution < 1.29 is 4.79 Å². The number of nitrogens with zero attached hydrogens (tertiary/aromatic N) is 3. The maximum Gasteiger partial charge on any atom is 0.257 e. The van der Waals surface area contributed by atoms with E-state index < -0.39 is 0 Å². The molecule has 1 aliphatic rings. The quantitative estimate of drug-likeness (QED) is 0.772. The number of aromatic nitrogens is 2. The lowest BCUT2D eigenvalue weighted by atomic mass is 10.2. The largest absolute Gasteiger partial charge is 0.334 e. The van der Waals surface area contributed by atoms with Crippen LogP contribution < -0.4 is 0 Å². The minimum atomic E-state index is -0.00171. The number of halogens is 1. The second kappa shape index (κ2) is 5.96. The number of alkyl halides is 1. The van der Waals surface area contributed by atoms with Gasteiger partial charge in [0.15, 0.2) is 0 Å². The molecule has 1 heterocycles. The summed E-state index contributed by atoms with van der Waals surface area (Å²) in [5.74, 6) is 0.466. The molecule has 2 rings (SSSR count). The Kier molecular flexibility index (Phi) is 4.31. The Bertz CT molecular complexity index is 365. The maximum atomic E-state index is 12.3. The van der Waals surface area contributed by atoms with Crippen molar-refractivity contribution in [3.63, 3.8) is 0 Å². The van der Waals surface area contributed by atoms with Crippen molar-refractivity contribution in [3.05, 3.63) is 24.3 Å². The maximum absolute atomic E-state index is 12.3. The molecule has 0 unspecified atom stereocenters. The van der Waals surface area contributed by atoms with Crippen LogP contribution in [0.1, 0.15) is 36.0 Å². The lowest BCUT2D eigenvalue weighted by molar-refractivity contribution is 0.0694. The van der Waals surface area contributed by atoms with Gasteiger partial charge < -0.3 is 4.90 Å². The predicted molar refractivity (Wildman–Crippen MR) is 66.0 cm³/mol. The van der Waals surface area contributed by atoms with E-state index in [0.29, 0.717) is 24.0 Å². The third kappa shape index (κ3) is 2.94.